The maximum atomic E-state index is 11.2. The molecule has 3 rings (SSSR count). The maximum Gasteiger partial charge on any atom is 0.335 e. The highest BCUT2D eigenvalue weighted by Crippen LogP contribution is 2.42. The number of thioether (sulfide) groups is 1. The van der Waals surface area contributed by atoms with Crippen LogP contribution < -0.4 is 19.5 Å². The zero-order valence-corrected chi connectivity index (χ0v) is 21.6. The van der Waals surface area contributed by atoms with E-state index in [0.29, 0.717) is 51.1 Å². The summed E-state index contributed by atoms with van der Waals surface area (Å²) in [6, 6.07) is 11.9. The van der Waals surface area contributed by atoms with E-state index in [0.717, 1.165) is 12.2 Å². The van der Waals surface area contributed by atoms with Gasteiger partial charge in [-0.2, -0.15) is 5.26 Å². The maximum absolute atomic E-state index is 11.2. The first-order valence-corrected chi connectivity index (χ1v) is 12.2. The van der Waals surface area contributed by atoms with E-state index in [-0.39, 0.29) is 11.1 Å². The molecule has 10 heteroatoms. The second-order valence-corrected chi connectivity index (χ2v) is 9.20. The van der Waals surface area contributed by atoms with E-state index in [1.165, 1.54) is 45.2 Å². The average molecular weight is 509 g/mol. The van der Waals surface area contributed by atoms with Gasteiger partial charge in [-0.1, -0.05) is 25.6 Å². The Morgan fingerprint density at radius 2 is 1.72 bits per heavy atom. The standard InChI is InChI=1S/C26H28N4O5S/c1-15(2)10-11-36-26-29-22(17-12-20(33-3)23(35-5)21(13-17)34-4)19(14-27)24(30-26)28-18-8-6-16(7-9-18)25(31)32/h6-9,12-13,15H,10-11H2,1-5H3,(H,31,32)(H,28,29,30). The van der Waals surface area contributed by atoms with Crippen molar-refractivity contribution in [3.8, 4) is 34.6 Å². The van der Waals surface area contributed by atoms with E-state index in [1.807, 2.05) is 0 Å². The van der Waals surface area contributed by atoms with Gasteiger partial charge in [0.1, 0.15) is 11.6 Å². The van der Waals surface area contributed by atoms with Crippen molar-refractivity contribution >= 4 is 29.2 Å². The minimum absolute atomic E-state index is 0.159. The van der Waals surface area contributed by atoms with Crippen molar-refractivity contribution in [1.82, 2.24) is 9.97 Å². The first-order valence-electron chi connectivity index (χ1n) is 11.2. The predicted octanol–water partition coefficient (Wildman–Crippen LogP) is 5.62. The lowest BCUT2D eigenvalue weighted by molar-refractivity contribution is 0.0697. The van der Waals surface area contributed by atoms with Crippen LogP contribution in [-0.2, 0) is 0 Å². The number of nitrogens with zero attached hydrogens (tertiary/aromatic N) is 3. The summed E-state index contributed by atoms with van der Waals surface area (Å²) < 4.78 is 16.4. The molecular formula is C26H28N4O5S. The number of rotatable bonds is 11. The number of carboxylic acid groups (broad SMARTS) is 1. The summed E-state index contributed by atoms with van der Waals surface area (Å²) in [7, 11) is 4.56. The number of hydrogen-bond donors (Lipinski definition) is 2. The van der Waals surface area contributed by atoms with Gasteiger partial charge in [-0.05, 0) is 48.7 Å². The van der Waals surface area contributed by atoms with Gasteiger partial charge < -0.3 is 24.6 Å². The van der Waals surface area contributed by atoms with Gasteiger partial charge in [-0.15, -0.1) is 0 Å². The molecule has 0 spiro atoms. The van der Waals surface area contributed by atoms with Crippen LogP contribution >= 0.6 is 11.8 Å². The van der Waals surface area contributed by atoms with Gasteiger partial charge in [-0.25, -0.2) is 14.8 Å². The summed E-state index contributed by atoms with van der Waals surface area (Å²) in [6.45, 7) is 4.30. The molecular weight excluding hydrogens is 480 g/mol. The summed E-state index contributed by atoms with van der Waals surface area (Å²) in [5.74, 6) is 1.92. The number of ether oxygens (including phenoxy) is 3. The van der Waals surface area contributed by atoms with Crippen molar-refractivity contribution in [3.05, 3.63) is 47.5 Å². The molecule has 0 unspecified atom stereocenters. The van der Waals surface area contributed by atoms with Crippen LogP contribution in [0.25, 0.3) is 11.3 Å². The zero-order chi connectivity index (χ0) is 26.2. The van der Waals surface area contributed by atoms with Gasteiger partial charge in [-0.3, -0.25) is 0 Å². The lowest BCUT2D eigenvalue weighted by Gasteiger charge is -2.16. The lowest BCUT2D eigenvalue weighted by atomic mass is 10.1. The molecule has 0 atom stereocenters. The van der Waals surface area contributed by atoms with E-state index < -0.39 is 5.97 Å². The third-order valence-electron chi connectivity index (χ3n) is 5.26. The number of nitriles is 1. The smallest absolute Gasteiger partial charge is 0.335 e. The third-order valence-corrected chi connectivity index (χ3v) is 6.14. The quantitative estimate of drug-likeness (QED) is 0.249. The Morgan fingerprint density at radius 3 is 2.22 bits per heavy atom. The van der Waals surface area contributed by atoms with Gasteiger partial charge >= 0.3 is 5.97 Å². The molecule has 0 radical (unpaired) electrons. The fourth-order valence-corrected chi connectivity index (χ4v) is 4.43. The van der Waals surface area contributed by atoms with E-state index in [1.54, 1.807) is 24.3 Å². The second-order valence-electron chi connectivity index (χ2n) is 8.14. The first-order chi connectivity index (χ1) is 17.3. The summed E-state index contributed by atoms with van der Waals surface area (Å²) in [4.78, 5) is 20.5. The third kappa shape index (κ3) is 6.17. The molecule has 0 bridgehead atoms. The summed E-state index contributed by atoms with van der Waals surface area (Å²) in [5.41, 5.74) is 1.97. The minimum Gasteiger partial charge on any atom is -0.493 e. The molecule has 188 valence electrons. The van der Waals surface area contributed by atoms with Crippen molar-refractivity contribution in [2.24, 2.45) is 5.92 Å². The fraction of sp³-hybridized carbons (Fsp3) is 0.308. The van der Waals surface area contributed by atoms with Crippen molar-refractivity contribution in [1.29, 1.82) is 5.26 Å². The molecule has 9 nitrogen and oxygen atoms in total. The molecule has 1 aromatic heterocycles. The van der Waals surface area contributed by atoms with Gasteiger partial charge in [0.25, 0.3) is 0 Å². The Kier molecular flexibility index (Phi) is 8.97. The number of hydrogen-bond acceptors (Lipinski definition) is 9. The number of carboxylic acids is 1. The van der Waals surface area contributed by atoms with Gasteiger partial charge in [0.2, 0.25) is 5.75 Å². The van der Waals surface area contributed by atoms with Crippen LogP contribution in [0.1, 0.15) is 36.2 Å². The van der Waals surface area contributed by atoms with Crippen LogP contribution in [0.15, 0.2) is 41.6 Å². The fourth-order valence-electron chi connectivity index (χ4n) is 3.35. The molecule has 0 aliphatic rings. The lowest BCUT2D eigenvalue weighted by Crippen LogP contribution is -2.05. The Hall–Kier alpha value is -3.97. The van der Waals surface area contributed by atoms with Crippen LogP contribution in [0.5, 0.6) is 17.2 Å². The van der Waals surface area contributed by atoms with Crippen LogP contribution in [0.3, 0.4) is 0 Å². The zero-order valence-electron chi connectivity index (χ0n) is 20.8. The number of anilines is 2. The van der Waals surface area contributed by atoms with Crippen molar-refractivity contribution in [2.75, 3.05) is 32.4 Å². The number of carbonyl (C=O) groups is 1. The van der Waals surface area contributed by atoms with Crippen LogP contribution in [0, 0.1) is 17.2 Å². The van der Waals surface area contributed by atoms with E-state index in [9.17, 15) is 15.2 Å². The molecule has 0 fully saturated rings. The van der Waals surface area contributed by atoms with E-state index >= 15 is 0 Å². The summed E-state index contributed by atoms with van der Waals surface area (Å²) >= 11 is 1.50. The molecule has 0 saturated heterocycles. The van der Waals surface area contributed by atoms with Crippen LogP contribution in [-0.4, -0.2) is 48.1 Å². The Balaban J connectivity index is 2.15. The van der Waals surface area contributed by atoms with Gasteiger partial charge in [0.15, 0.2) is 22.5 Å². The largest absolute Gasteiger partial charge is 0.493 e. The van der Waals surface area contributed by atoms with Crippen LogP contribution in [0.4, 0.5) is 11.5 Å². The molecule has 2 aromatic carbocycles. The van der Waals surface area contributed by atoms with Gasteiger partial charge in [0, 0.05) is 17.0 Å². The predicted molar refractivity (Wildman–Crippen MR) is 139 cm³/mol. The van der Waals surface area contributed by atoms with Crippen molar-refractivity contribution in [3.63, 3.8) is 0 Å². The molecule has 0 amide bonds. The van der Waals surface area contributed by atoms with Crippen molar-refractivity contribution in [2.45, 2.75) is 25.4 Å². The molecule has 1 heterocycles. The Bertz CT molecular complexity index is 1250. The molecule has 2 N–H and O–H groups in total. The molecule has 0 saturated carbocycles. The molecule has 36 heavy (non-hydrogen) atoms. The average Bonchev–Trinajstić information content (AvgIpc) is 2.87. The summed E-state index contributed by atoms with van der Waals surface area (Å²) in [6.07, 6.45) is 0.979. The monoisotopic (exact) mass is 508 g/mol. The topological polar surface area (TPSA) is 127 Å². The Morgan fingerprint density at radius 1 is 1.08 bits per heavy atom. The van der Waals surface area contributed by atoms with Crippen molar-refractivity contribution < 1.29 is 24.1 Å². The molecule has 0 aliphatic carbocycles. The number of nitrogens with one attached hydrogen (secondary N) is 1. The number of benzene rings is 2. The SMILES string of the molecule is COc1cc(-c2nc(SCCC(C)C)nc(Nc3ccc(C(=O)O)cc3)c2C#N)cc(OC)c1OC. The molecule has 0 aliphatic heterocycles. The van der Waals surface area contributed by atoms with Crippen LogP contribution in [0.2, 0.25) is 0 Å². The Labute approximate surface area is 214 Å². The van der Waals surface area contributed by atoms with E-state index in [4.69, 9.17) is 19.2 Å². The summed E-state index contributed by atoms with van der Waals surface area (Å²) in [5, 5.41) is 22.9. The highest BCUT2D eigenvalue weighted by molar-refractivity contribution is 7.99. The number of methoxy groups -OCH3 is 3. The number of aromatic nitrogens is 2. The normalized spacial score (nSPS) is 10.6. The first kappa shape index (κ1) is 26.6. The van der Waals surface area contributed by atoms with Gasteiger partial charge in [0.05, 0.1) is 32.6 Å². The van der Waals surface area contributed by atoms with E-state index in [2.05, 4.69) is 30.2 Å². The number of aromatic carboxylic acids is 1. The second kappa shape index (κ2) is 12.1. The molecule has 3 aromatic rings. The highest BCUT2D eigenvalue weighted by atomic mass is 32.2. The highest BCUT2D eigenvalue weighted by Gasteiger charge is 2.21. The minimum atomic E-state index is -1.02.